The van der Waals surface area contributed by atoms with Gasteiger partial charge in [-0.1, -0.05) is 12.6 Å². The van der Waals surface area contributed by atoms with Crippen molar-refractivity contribution in [1.29, 1.82) is 0 Å². The predicted molar refractivity (Wildman–Crippen MR) is 144 cm³/mol. The van der Waals surface area contributed by atoms with Gasteiger partial charge in [-0.05, 0) is 64.3 Å². The zero-order chi connectivity index (χ0) is 26.6. The molecule has 0 radical (unpaired) electrons. The first-order chi connectivity index (χ1) is 18.4. The molecule has 4 aromatic rings. The van der Waals surface area contributed by atoms with Gasteiger partial charge in [-0.3, -0.25) is 9.48 Å². The first-order valence-electron chi connectivity index (χ1n) is 11.6. The van der Waals surface area contributed by atoms with Gasteiger partial charge in [-0.15, -0.1) is 0 Å². The smallest absolute Gasteiger partial charge is 0.247 e. The number of anilines is 5. The van der Waals surface area contributed by atoms with Gasteiger partial charge in [0.1, 0.15) is 17.5 Å². The van der Waals surface area contributed by atoms with Crippen molar-refractivity contribution in [2.24, 2.45) is 0 Å². The fraction of sp³-hybridized carbons (Fsp3) is 0.154. The Kier molecular flexibility index (Phi) is 7.43. The summed E-state index contributed by atoms with van der Waals surface area (Å²) < 4.78 is 36.7. The number of hydrogen-bond acceptors (Lipinski definition) is 7. The lowest BCUT2D eigenvalue weighted by atomic mass is 10.1. The van der Waals surface area contributed by atoms with Crippen LogP contribution in [0.4, 0.5) is 37.6 Å². The molecule has 3 N–H and O–H groups in total. The molecule has 0 aliphatic carbocycles. The maximum atomic E-state index is 14.8. The van der Waals surface area contributed by atoms with E-state index in [2.05, 4.69) is 53.5 Å². The van der Waals surface area contributed by atoms with Crippen molar-refractivity contribution in [3.8, 4) is 11.1 Å². The number of aromatic nitrogens is 4. The minimum absolute atomic E-state index is 0.0457. The van der Waals surface area contributed by atoms with Crippen LogP contribution in [-0.4, -0.2) is 38.9 Å². The second kappa shape index (κ2) is 11.1. The molecule has 12 heteroatoms. The second-order valence-electron chi connectivity index (χ2n) is 8.45. The molecule has 1 aliphatic rings. The highest BCUT2D eigenvalue weighted by molar-refractivity contribution is 9.10. The van der Waals surface area contributed by atoms with Crippen LogP contribution in [0.3, 0.4) is 0 Å². The molecule has 2 aromatic heterocycles. The Labute approximate surface area is 225 Å². The number of benzene rings is 2. The molecule has 0 saturated carbocycles. The maximum absolute atomic E-state index is 14.8. The van der Waals surface area contributed by atoms with E-state index in [1.807, 2.05) is 10.9 Å². The van der Waals surface area contributed by atoms with Crippen LogP contribution in [0.2, 0.25) is 0 Å². The Hall–Kier alpha value is -4.16. The van der Waals surface area contributed by atoms with Crippen molar-refractivity contribution < 1.29 is 18.3 Å². The number of rotatable bonds is 8. The predicted octanol–water partition coefficient (Wildman–Crippen LogP) is 5.95. The summed E-state index contributed by atoms with van der Waals surface area (Å²) >= 11 is 3.15. The molecular weight excluding hydrogens is 560 g/mol. The quantitative estimate of drug-likeness (QED) is 0.221. The summed E-state index contributed by atoms with van der Waals surface area (Å²) in [6, 6.07) is 8.80. The average molecular weight is 582 g/mol. The van der Waals surface area contributed by atoms with E-state index >= 15 is 0 Å². The molecular formula is C26H22BrF2N7O2. The SMILES string of the molecule is C=CC(=O)Nc1ccc(F)c(Nc2nc(Nc3cnn(C4CCOC4)c3)ncc2-c2ccc(Br)c(F)c2)c1. The molecule has 2 aromatic carbocycles. The van der Waals surface area contributed by atoms with Crippen LogP contribution >= 0.6 is 15.9 Å². The maximum Gasteiger partial charge on any atom is 0.247 e. The number of carbonyl (C=O) groups excluding carboxylic acids is 1. The minimum atomic E-state index is -0.581. The molecule has 3 heterocycles. The summed E-state index contributed by atoms with van der Waals surface area (Å²) in [5.41, 5.74) is 1.96. The van der Waals surface area contributed by atoms with Gasteiger partial charge in [0, 0.05) is 30.3 Å². The Morgan fingerprint density at radius 1 is 1.13 bits per heavy atom. The second-order valence-corrected chi connectivity index (χ2v) is 9.30. The molecule has 194 valence electrons. The van der Waals surface area contributed by atoms with Crippen LogP contribution in [-0.2, 0) is 9.53 Å². The van der Waals surface area contributed by atoms with Crippen molar-refractivity contribution in [1.82, 2.24) is 19.7 Å². The minimum Gasteiger partial charge on any atom is -0.379 e. The molecule has 38 heavy (non-hydrogen) atoms. The number of nitrogens with zero attached hydrogens (tertiary/aromatic N) is 4. The van der Waals surface area contributed by atoms with Crippen LogP contribution in [0.25, 0.3) is 11.1 Å². The van der Waals surface area contributed by atoms with Crippen LogP contribution in [0.1, 0.15) is 12.5 Å². The van der Waals surface area contributed by atoms with E-state index in [-0.39, 0.29) is 23.5 Å². The monoisotopic (exact) mass is 581 g/mol. The van der Waals surface area contributed by atoms with Gasteiger partial charge in [0.25, 0.3) is 0 Å². The molecule has 1 atom stereocenters. The first-order valence-corrected chi connectivity index (χ1v) is 12.4. The summed E-state index contributed by atoms with van der Waals surface area (Å²) in [5, 5.41) is 13.0. The lowest BCUT2D eigenvalue weighted by molar-refractivity contribution is -0.111. The number of carbonyl (C=O) groups is 1. The van der Waals surface area contributed by atoms with Crippen molar-refractivity contribution in [3.63, 3.8) is 0 Å². The lowest BCUT2D eigenvalue weighted by Crippen LogP contribution is -2.09. The van der Waals surface area contributed by atoms with Gasteiger partial charge in [0.05, 0.1) is 34.7 Å². The summed E-state index contributed by atoms with van der Waals surface area (Å²) in [5.74, 6) is -1.06. The fourth-order valence-electron chi connectivity index (χ4n) is 3.89. The normalized spacial score (nSPS) is 14.8. The Morgan fingerprint density at radius 2 is 2.00 bits per heavy atom. The van der Waals surface area contributed by atoms with Gasteiger partial charge < -0.3 is 20.7 Å². The van der Waals surface area contributed by atoms with Crippen LogP contribution in [0, 0.1) is 11.6 Å². The number of hydrogen-bond donors (Lipinski definition) is 3. The largest absolute Gasteiger partial charge is 0.379 e. The zero-order valence-corrected chi connectivity index (χ0v) is 21.5. The molecule has 0 spiro atoms. The first kappa shape index (κ1) is 25.5. The highest BCUT2D eigenvalue weighted by atomic mass is 79.9. The van der Waals surface area contributed by atoms with Crippen molar-refractivity contribution in [2.75, 3.05) is 29.2 Å². The fourth-order valence-corrected chi connectivity index (χ4v) is 4.14. The van der Waals surface area contributed by atoms with Gasteiger partial charge in [0.2, 0.25) is 11.9 Å². The summed E-state index contributed by atoms with van der Waals surface area (Å²) in [7, 11) is 0. The Morgan fingerprint density at radius 3 is 2.76 bits per heavy atom. The van der Waals surface area contributed by atoms with Crippen molar-refractivity contribution >= 4 is 50.7 Å². The average Bonchev–Trinajstić information content (AvgIpc) is 3.60. The van der Waals surface area contributed by atoms with Crippen molar-refractivity contribution in [2.45, 2.75) is 12.5 Å². The number of nitrogens with one attached hydrogen (secondary N) is 3. The Bertz CT molecular complexity index is 1500. The topological polar surface area (TPSA) is 106 Å². The van der Waals surface area contributed by atoms with E-state index in [9.17, 15) is 13.6 Å². The lowest BCUT2D eigenvalue weighted by Gasteiger charge is -2.15. The number of halogens is 3. The van der Waals surface area contributed by atoms with Gasteiger partial charge in [-0.2, -0.15) is 10.1 Å². The molecule has 5 rings (SSSR count). The van der Waals surface area contributed by atoms with Crippen molar-refractivity contribution in [3.05, 3.63) is 83.8 Å². The van der Waals surface area contributed by atoms with Gasteiger partial charge in [-0.25, -0.2) is 13.8 Å². The third-order valence-corrected chi connectivity index (χ3v) is 6.47. The molecule has 1 saturated heterocycles. The molecule has 9 nitrogen and oxygen atoms in total. The molecule has 1 fully saturated rings. The van der Waals surface area contributed by atoms with E-state index in [1.165, 1.54) is 30.5 Å². The summed E-state index contributed by atoms with van der Waals surface area (Å²) in [4.78, 5) is 20.6. The van der Waals surface area contributed by atoms with Crippen LogP contribution in [0.15, 0.2) is 72.1 Å². The third kappa shape index (κ3) is 5.71. The highest BCUT2D eigenvalue weighted by Gasteiger charge is 2.19. The zero-order valence-electron chi connectivity index (χ0n) is 19.9. The van der Waals surface area contributed by atoms with Gasteiger partial charge in [0.15, 0.2) is 0 Å². The van der Waals surface area contributed by atoms with E-state index in [1.54, 1.807) is 18.3 Å². The van der Waals surface area contributed by atoms with E-state index < -0.39 is 17.5 Å². The highest BCUT2D eigenvalue weighted by Crippen LogP contribution is 2.33. The summed E-state index contributed by atoms with van der Waals surface area (Å²) in [6.07, 6.45) is 6.98. The Balaban J connectivity index is 1.49. The van der Waals surface area contributed by atoms with E-state index in [0.29, 0.717) is 40.2 Å². The molecule has 1 aliphatic heterocycles. The third-order valence-electron chi connectivity index (χ3n) is 5.83. The standard InChI is InChI=1S/C26H22BrF2N7O2/c1-2-24(37)32-16-4-6-21(28)23(10-16)34-25-19(15-3-5-20(27)22(29)9-15)12-30-26(35-25)33-17-11-31-36(13-17)18-7-8-38-14-18/h2-6,9-13,18H,1,7-8,14H2,(H,32,37)(H2,30,33,34,35). The van der Waals surface area contributed by atoms with E-state index in [4.69, 9.17) is 4.74 Å². The van der Waals surface area contributed by atoms with E-state index in [0.717, 1.165) is 12.5 Å². The van der Waals surface area contributed by atoms with Gasteiger partial charge >= 0.3 is 0 Å². The summed E-state index contributed by atoms with van der Waals surface area (Å²) in [6.45, 7) is 4.71. The number of amides is 1. The van der Waals surface area contributed by atoms with Crippen LogP contribution < -0.4 is 16.0 Å². The molecule has 1 amide bonds. The molecule has 1 unspecified atom stereocenters. The molecule has 0 bridgehead atoms. The van der Waals surface area contributed by atoms with Crippen LogP contribution in [0.5, 0.6) is 0 Å². The number of ether oxygens (including phenoxy) is 1.